The summed E-state index contributed by atoms with van der Waals surface area (Å²) in [4.78, 5) is 0. The summed E-state index contributed by atoms with van der Waals surface area (Å²) in [7, 11) is 1.72. The summed E-state index contributed by atoms with van der Waals surface area (Å²) in [5.41, 5.74) is 2.19. The number of phenolic OH excluding ortho intramolecular Hbond substituents is 1. The summed E-state index contributed by atoms with van der Waals surface area (Å²) < 4.78 is 5.48. The van der Waals surface area contributed by atoms with Crippen molar-refractivity contribution in [1.82, 2.24) is 0 Å². The van der Waals surface area contributed by atoms with Crippen molar-refractivity contribution < 1.29 is 9.84 Å². The quantitative estimate of drug-likeness (QED) is 0.800. The average molecular weight is 262 g/mol. The van der Waals surface area contributed by atoms with E-state index in [2.05, 4.69) is 0 Å². The van der Waals surface area contributed by atoms with Crippen LogP contribution in [0, 0.1) is 0 Å². The van der Waals surface area contributed by atoms with Gasteiger partial charge in [-0.3, -0.25) is 0 Å². The highest BCUT2D eigenvalue weighted by molar-refractivity contribution is 5.46. The predicted molar refractivity (Wildman–Crippen MR) is 79.0 cm³/mol. The molecule has 2 nitrogen and oxygen atoms in total. The lowest BCUT2D eigenvalue weighted by molar-refractivity contribution is 0.403. The van der Waals surface area contributed by atoms with Gasteiger partial charge in [-0.1, -0.05) is 38.5 Å². The van der Waals surface area contributed by atoms with Crippen molar-refractivity contribution in [2.45, 2.75) is 64.2 Å². The second kappa shape index (κ2) is 7.42. The lowest BCUT2D eigenvalue weighted by Gasteiger charge is -2.13. The normalized spacial score (nSPS) is 17.9. The topological polar surface area (TPSA) is 29.5 Å². The Morgan fingerprint density at radius 1 is 0.789 bits per heavy atom. The third-order valence-corrected chi connectivity index (χ3v) is 4.12. The molecule has 0 aliphatic heterocycles. The van der Waals surface area contributed by atoms with Gasteiger partial charge in [0, 0.05) is 0 Å². The van der Waals surface area contributed by atoms with E-state index >= 15 is 0 Å². The highest BCUT2D eigenvalue weighted by atomic mass is 16.5. The Morgan fingerprint density at radius 2 is 1.32 bits per heavy atom. The number of aryl methyl sites for hydroxylation is 2. The molecular weight excluding hydrogens is 236 g/mol. The molecule has 0 heterocycles. The Hall–Kier alpha value is -1.18. The van der Waals surface area contributed by atoms with Crippen molar-refractivity contribution in [1.29, 1.82) is 0 Å². The third-order valence-electron chi connectivity index (χ3n) is 4.12. The zero-order chi connectivity index (χ0) is 13.5. The SMILES string of the molecule is COc1cc2c(O)cc1CCCCCCCCCC2. The molecule has 106 valence electrons. The van der Waals surface area contributed by atoms with Crippen LogP contribution >= 0.6 is 0 Å². The zero-order valence-electron chi connectivity index (χ0n) is 12.1. The molecule has 1 N–H and O–H groups in total. The molecule has 1 aromatic rings. The van der Waals surface area contributed by atoms with E-state index in [0.29, 0.717) is 5.75 Å². The highest BCUT2D eigenvalue weighted by Crippen LogP contribution is 2.31. The maximum absolute atomic E-state index is 10.1. The van der Waals surface area contributed by atoms with E-state index in [1.807, 2.05) is 12.1 Å². The van der Waals surface area contributed by atoms with Crippen LogP contribution in [-0.2, 0) is 12.8 Å². The minimum Gasteiger partial charge on any atom is -0.508 e. The Morgan fingerprint density at radius 3 is 1.89 bits per heavy atom. The summed E-state index contributed by atoms with van der Waals surface area (Å²) >= 11 is 0. The molecule has 0 saturated heterocycles. The second-order valence-corrected chi connectivity index (χ2v) is 5.62. The van der Waals surface area contributed by atoms with Gasteiger partial charge in [0.25, 0.3) is 0 Å². The monoisotopic (exact) mass is 262 g/mol. The molecule has 3 rings (SSSR count). The van der Waals surface area contributed by atoms with Crippen molar-refractivity contribution in [3.63, 3.8) is 0 Å². The standard InChI is InChI=1S/C17H26O2/c1-19-17-13-14-10-8-6-4-2-3-5-7-9-11-15(17)12-16(14)18/h12-13,18H,2-11H2,1H3. The van der Waals surface area contributed by atoms with Crippen LogP contribution in [0.3, 0.4) is 0 Å². The number of phenols is 1. The van der Waals surface area contributed by atoms with Crippen molar-refractivity contribution in [2.75, 3.05) is 7.11 Å². The van der Waals surface area contributed by atoms with E-state index in [9.17, 15) is 5.11 Å². The minimum atomic E-state index is 0.452. The van der Waals surface area contributed by atoms with E-state index in [4.69, 9.17) is 4.74 Å². The summed E-state index contributed by atoms with van der Waals surface area (Å²) in [5.74, 6) is 1.40. The maximum atomic E-state index is 10.1. The lowest BCUT2D eigenvalue weighted by atomic mass is 9.97. The Kier molecular flexibility index (Phi) is 5.56. The third kappa shape index (κ3) is 4.15. The Balaban J connectivity index is 2.16. The molecule has 2 heteroatoms. The number of hydrogen-bond acceptors (Lipinski definition) is 2. The van der Waals surface area contributed by atoms with E-state index in [0.717, 1.165) is 36.1 Å². The van der Waals surface area contributed by atoms with Crippen molar-refractivity contribution in [3.05, 3.63) is 23.3 Å². The van der Waals surface area contributed by atoms with Crippen LogP contribution in [0.1, 0.15) is 62.5 Å². The molecule has 0 saturated carbocycles. The summed E-state index contributed by atoms with van der Waals surface area (Å²) in [6.45, 7) is 0. The molecule has 0 unspecified atom stereocenters. The summed E-state index contributed by atoms with van der Waals surface area (Å²) in [6.07, 6.45) is 12.3. The molecule has 1 aromatic carbocycles. The van der Waals surface area contributed by atoms with E-state index in [1.54, 1.807) is 7.11 Å². The van der Waals surface area contributed by atoms with Gasteiger partial charge in [0.1, 0.15) is 11.5 Å². The lowest BCUT2D eigenvalue weighted by Crippen LogP contribution is -1.97. The van der Waals surface area contributed by atoms with Gasteiger partial charge in [0.05, 0.1) is 7.11 Å². The van der Waals surface area contributed by atoms with E-state index < -0.39 is 0 Å². The van der Waals surface area contributed by atoms with Crippen LogP contribution in [0.4, 0.5) is 0 Å². The van der Waals surface area contributed by atoms with Gasteiger partial charge in [-0.15, -0.1) is 0 Å². The summed E-state index contributed by atoms with van der Waals surface area (Å²) in [6, 6.07) is 3.95. The first-order valence-corrected chi connectivity index (χ1v) is 7.70. The molecule has 0 spiro atoms. The van der Waals surface area contributed by atoms with Crippen LogP contribution in [-0.4, -0.2) is 12.2 Å². The fourth-order valence-corrected chi connectivity index (χ4v) is 2.93. The minimum absolute atomic E-state index is 0.452. The molecular formula is C17H26O2. The number of benzene rings is 1. The number of hydrogen-bond donors (Lipinski definition) is 1. The smallest absolute Gasteiger partial charge is 0.122 e. The number of aromatic hydroxyl groups is 1. The van der Waals surface area contributed by atoms with Crippen molar-refractivity contribution in [3.8, 4) is 11.5 Å². The molecule has 2 aliphatic carbocycles. The largest absolute Gasteiger partial charge is 0.508 e. The van der Waals surface area contributed by atoms with E-state index in [-0.39, 0.29) is 0 Å². The van der Waals surface area contributed by atoms with Gasteiger partial charge >= 0.3 is 0 Å². The first-order valence-electron chi connectivity index (χ1n) is 7.70. The molecule has 0 radical (unpaired) electrons. The molecule has 2 aliphatic rings. The van der Waals surface area contributed by atoms with Crippen LogP contribution in [0.15, 0.2) is 12.1 Å². The fourth-order valence-electron chi connectivity index (χ4n) is 2.93. The Bertz CT molecular complexity index is 398. The molecule has 0 amide bonds. The van der Waals surface area contributed by atoms with Crippen molar-refractivity contribution >= 4 is 0 Å². The zero-order valence-corrected chi connectivity index (χ0v) is 12.1. The van der Waals surface area contributed by atoms with Crippen LogP contribution < -0.4 is 4.74 Å². The molecule has 0 fully saturated rings. The number of rotatable bonds is 1. The predicted octanol–water partition coefficient (Wildman–Crippen LogP) is 4.62. The van der Waals surface area contributed by atoms with Crippen molar-refractivity contribution in [2.24, 2.45) is 0 Å². The second-order valence-electron chi connectivity index (χ2n) is 5.62. The van der Waals surface area contributed by atoms with Gasteiger partial charge in [-0.05, 0) is 48.9 Å². The van der Waals surface area contributed by atoms with Gasteiger partial charge in [0.2, 0.25) is 0 Å². The highest BCUT2D eigenvalue weighted by Gasteiger charge is 2.10. The van der Waals surface area contributed by atoms with Crippen LogP contribution in [0.5, 0.6) is 11.5 Å². The van der Waals surface area contributed by atoms with Crippen LogP contribution in [0.2, 0.25) is 0 Å². The molecule has 2 bridgehead atoms. The van der Waals surface area contributed by atoms with Gasteiger partial charge in [-0.2, -0.15) is 0 Å². The van der Waals surface area contributed by atoms with Gasteiger partial charge < -0.3 is 9.84 Å². The van der Waals surface area contributed by atoms with Crippen LogP contribution in [0.25, 0.3) is 0 Å². The first-order chi connectivity index (χ1) is 9.31. The average Bonchev–Trinajstić information content (AvgIpc) is 2.42. The molecule has 19 heavy (non-hydrogen) atoms. The first kappa shape index (κ1) is 14.2. The number of fused-ring (bicyclic) bond motifs is 11. The molecule has 0 aromatic heterocycles. The van der Waals surface area contributed by atoms with E-state index in [1.165, 1.54) is 44.9 Å². The van der Waals surface area contributed by atoms with Gasteiger partial charge in [0.15, 0.2) is 0 Å². The fraction of sp³-hybridized carbons (Fsp3) is 0.647. The molecule has 0 atom stereocenters. The number of ether oxygens (including phenoxy) is 1. The van der Waals surface area contributed by atoms with Gasteiger partial charge in [-0.25, -0.2) is 0 Å². The summed E-state index contributed by atoms with van der Waals surface area (Å²) in [5, 5.41) is 10.1. The Labute approximate surface area is 116 Å². The maximum Gasteiger partial charge on any atom is 0.122 e. The number of methoxy groups -OCH3 is 1.